The SMILES string of the molecule is CN=C(NCC1(N(C)C)CCOCC1)NC1CCN(Cc2ccc(C(F)(F)F)cc2)C1.I. The number of alkyl halides is 3. The molecule has 0 saturated carbocycles. The highest BCUT2D eigenvalue weighted by atomic mass is 127. The van der Waals surface area contributed by atoms with Crippen LogP contribution in [0.25, 0.3) is 0 Å². The largest absolute Gasteiger partial charge is 0.416 e. The minimum absolute atomic E-state index is 0. The summed E-state index contributed by atoms with van der Waals surface area (Å²) in [4.78, 5) is 8.92. The van der Waals surface area contributed by atoms with Crippen molar-refractivity contribution in [1.82, 2.24) is 20.4 Å². The number of ether oxygens (including phenoxy) is 1. The maximum atomic E-state index is 12.7. The summed E-state index contributed by atoms with van der Waals surface area (Å²) in [5.74, 6) is 0.786. The van der Waals surface area contributed by atoms with E-state index in [1.807, 2.05) is 0 Å². The van der Waals surface area contributed by atoms with Crippen LogP contribution < -0.4 is 10.6 Å². The molecule has 2 heterocycles. The van der Waals surface area contributed by atoms with Gasteiger partial charge in [0.15, 0.2) is 5.96 Å². The number of aliphatic imine (C=N–C) groups is 1. The van der Waals surface area contributed by atoms with Crippen LogP contribution >= 0.6 is 24.0 Å². The van der Waals surface area contributed by atoms with Gasteiger partial charge in [-0.3, -0.25) is 9.89 Å². The number of hydrogen-bond donors (Lipinski definition) is 2. The van der Waals surface area contributed by atoms with E-state index in [0.29, 0.717) is 6.54 Å². The zero-order chi connectivity index (χ0) is 22.5. The van der Waals surface area contributed by atoms with Gasteiger partial charge in [0.25, 0.3) is 0 Å². The second-order valence-corrected chi connectivity index (χ2v) is 8.72. The van der Waals surface area contributed by atoms with Crippen molar-refractivity contribution >= 4 is 29.9 Å². The Morgan fingerprint density at radius 1 is 1.22 bits per heavy atom. The summed E-state index contributed by atoms with van der Waals surface area (Å²) < 4.78 is 43.7. The Kier molecular flexibility index (Phi) is 10.0. The molecule has 0 amide bonds. The van der Waals surface area contributed by atoms with Gasteiger partial charge in [0.2, 0.25) is 0 Å². The third kappa shape index (κ3) is 7.19. The molecule has 1 aromatic carbocycles. The number of nitrogens with one attached hydrogen (secondary N) is 2. The maximum absolute atomic E-state index is 12.7. The second kappa shape index (κ2) is 11.8. The number of nitrogens with zero attached hydrogens (tertiary/aromatic N) is 3. The molecule has 10 heteroatoms. The molecule has 0 radical (unpaired) electrons. The molecular weight excluding hydrogens is 534 g/mol. The Labute approximate surface area is 206 Å². The highest BCUT2D eigenvalue weighted by Gasteiger charge is 2.35. The fourth-order valence-corrected chi connectivity index (χ4v) is 4.32. The normalized spacial score (nSPS) is 22.0. The molecule has 2 fully saturated rings. The van der Waals surface area contributed by atoms with Crippen molar-refractivity contribution in [3.63, 3.8) is 0 Å². The number of likely N-dealkylation sites (tertiary alicyclic amines) is 1. The first-order chi connectivity index (χ1) is 14.7. The highest BCUT2D eigenvalue weighted by molar-refractivity contribution is 14.0. The van der Waals surface area contributed by atoms with Gasteiger partial charge in [-0.15, -0.1) is 24.0 Å². The Morgan fingerprint density at radius 3 is 2.44 bits per heavy atom. The summed E-state index contributed by atoms with van der Waals surface area (Å²) in [6.07, 6.45) is -1.36. The predicted molar refractivity (Wildman–Crippen MR) is 132 cm³/mol. The molecule has 1 unspecified atom stereocenters. The second-order valence-electron chi connectivity index (χ2n) is 8.72. The molecule has 32 heavy (non-hydrogen) atoms. The number of rotatable bonds is 6. The van der Waals surface area contributed by atoms with Gasteiger partial charge in [-0.2, -0.15) is 13.2 Å². The monoisotopic (exact) mass is 569 g/mol. The van der Waals surface area contributed by atoms with Crippen LogP contribution in [0, 0.1) is 0 Å². The fourth-order valence-electron chi connectivity index (χ4n) is 4.32. The van der Waals surface area contributed by atoms with E-state index in [-0.39, 0.29) is 35.6 Å². The van der Waals surface area contributed by atoms with Crippen molar-refractivity contribution in [3.8, 4) is 0 Å². The Morgan fingerprint density at radius 2 is 1.88 bits per heavy atom. The Bertz CT molecular complexity index is 736. The third-order valence-corrected chi connectivity index (χ3v) is 6.48. The third-order valence-electron chi connectivity index (χ3n) is 6.48. The van der Waals surface area contributed by atoms with Gasteiger partial charge in [-0.1, -0.05) is 12.1 Å². The number of benzene rings is 1. The molecule has 1 atom stereocenters. The summed E-state index contributed by atoms with van der Waals surface area (Å²) in [5, 5.41) is 6.99. The van der Waals surface area contributed by atoms with E-state index in [9.17, 15) is 13.2 Å². The molecule has 2 saturated heterocycles. The molecule has 2 aliphatic rings. The van der Waals surface area contributed by atoms with Crippen molar-refractivity contribution in [2.24, 2.45) is 4.99 Å². The minimum atomic E-state index is -4.29. The molecular formula is C22H35F3IN5O. The van der Waals surface area contributed by atoms with Crippen molar-refractivity contribution in [2.45, 2.75) is 43.6 Å². The van der Waals surface area contributed by atoms with Crippen LogP contribution in [0.15, 0.2) is 29.3 Å². The predicted octanol–water partition coefficient (Wildman–Crippen LogP) is 3.17. The van der Waals surface area contributed by atoms with Crippen LogP contribution in [0.5, 0.6) is 0 Å². The van der Waals surface area contributed by atoms with E-state index < -0.39 is 11.7 Å². The van der Waals surface area contributed by atoms with Gasteiger partial charge in [0.1, 0.15) is 0 Å². The molecule has 6 nitrogen and oxygen atoms in total. The standard InChI is InChI=1S/C22H34F3N5O.HI/c1-26-20(27-16-21(29(2)3)9-12-31-13-10-21)28-19-8-11-30(15-19)14-17-4-6-18(7-5-17)22(23,24)25;/h4-7,19H,8-16H2,1-3H3,(H2,26,27,28);1H. The summed E-state index contributed by atoms with van der Waals surface area (Å²) in [6.45, 7) is 4.71. The molecule has 0 spiro atoms. The molecule has 0 bridgehead atoms. The summed E-state index contributed by atoms with van der Waals surface area (Å²) in [5.41, 5.74) is 0.343. The smallest absolute Gasteiger partial charge is 0.381 e. The van der Waals surface area contributed by atoms with E-state index in [0.717, 1.165) is 75.8 Å². The van der Waals surface area contributed by atoms with E-state index in [4.69, 9.17) is 4.74 Å². The van der Waals surface area contributed by atoms with Crippen molar-refractivity contribution in [1.29, 1.82) is 0 Å². The zero-order valence-corrected chi connectivity index (χ0v) is 21.4. The summed E-state index contributed by atoms with van der Waals surface area (Å²) in [6, 6.07) is 5.70. The van der Waals surface area contributed by atoms with Crippen molar-refractivity contribution in [2.75, 3.05) is 54.0 Å². The van der Waals surface area contributed by atoms with E-state index >= 15 is 0 Å². The van der Waals surface area contributed by atoms with Crippen LogP contribution in [0.4, 0.5) is 13.2 Å². The first-order valence-electron chi connectivity index (χ1n) is 10.8. The average Bonchev–Trinajstić information content (AvgIpc) is 3.18. The van der Waals surface area contributed by atoms with Crippen LogP contribution in [0.3, 0.4) is 0 Å². The lowest BCUT2D eigenvalue weighted by Crippen LogP contribution is -2.57. The molecule has 2 aliphatic heterocycles. The highest BCUT2D eigenvalue weighted by Crippen LogP contribution is 2.29. The van der Waals surface area contributed by atoms with Crippen LogP contribution in [0.1, 0.15) is 30.4 Å². The quantitative estimate of drug-likeness (QED) is 0.314. The van der Waals surface area contributed by atoms with Gasteiger partial charge in [0.05, 0.1) is 5.56 Å². The lowest BCUT2D eigenvalue weighted by atomic mass is 9.88. The molecule has 3 rings (SSSR count). The van der Waals surface area contributed by atoms with E-state index in [2.05, 4.69) is 39.5 Å². The number of likely N-dealkylation sites (N-methyl/N-ethyl adjacent to an activating group) is 1. The number of hydrogen-bond acceptors (Lipinski definition) is 4. The van der Waals surface area contributed by atoms with Gasteiger partial charge < -0.3 is 20.3 Å². The van der Waals surface area contributed by atoms with Crippen LogP contribution in [0.2, 0.25) is 0 Å². The maximum Gasteiger partial charge on any atom is 0.416 e. The average molecular weight is 569 g/mol. The first-order valence-corrected chi connectivity index (χ1v) is 10.8. The summed E-state index contributed by atoms with van der Waals surface area (Å²) >= 11 is 0. The van der Waals surface area contributed by atoms with Crippen molar-refractivity contribution < 1.29 is 17.9 Å². The van der Waals surface area contributed by atoms with Crippen LogP contribution in [-0.2, 0) is 17.5 Å². The molecule has 182 valence electrons. The molecule has 1 aromatic rings. The lowest BCUT2D eigenvalue weighted by Gasteiger charge is -2.43. The first kappa shape index (κ1) is 27.1. The van der Waals surface area contributed by atoms with E-state index in [1.165, 1.54) is 0 Å². The fraction of sp³-hybridized carbons (Fsp3) is 0.682. The minimum Gasteiger partial charge on any atom is -0.381 e. The Hall–Kier alpha value is -1.11. The lowest BCUT2D eigenvalue weighted by molar-refractivity contribution is -0.137. The molecule has 0 aromatic heterocycles. The molecule has 0 aliphatic carbocycles. The van der Waals surface area contributed by atoms with Gasteiger partial charge in [0, 0.05) is 58.0 Å². The van der Waals surface area contributed by atoms with Gasteiger partial charge in [-0.05, 0) is 51.1 Å². The van der Waals surface area contributed by atoms with Gasteiger partial charge >= 0.3 is 6.18 Å². The number of halogens is 4. The zero-order valence-electron chi connectivity index (χ0n) is 19.0. The topological polar surface area (TPSA) is 52.1 Å². The summed E-state index contributed by atoms with van der Waals surface area (Å²) in [7, 11) is 6.00. The van der Waals surface area contributed by atoms with Crippen LogP contribution in [-0.4, -0.2) is 81.3 Å². The van der Waals surface area contributed by atoms with E-state index in [1.54, 1.807) is 19.2 Å². The number of guanidine groups is 1. The Balaban J connectivity index is 0.00000363. The van der Waals surface area contributed by atoms with Crippen molar-refractivity contribution in [3.05, 3.63) is 35.4 Å². The van der Waals surface area contributed by atoms with Gasteiger partial charge in [-0.25, -0.2) is 0 Å². The molecule has 2 N–H and O–H groups in total.